The minimum absolute atomic E-state index is 0.0142. The SMILES string of the molecule is N#C[C@](C/C=C/I)(CC(=O)c1ccccc1)C(=O)O. The summed E-state index contributed by atoms with van der Waals surface area (Å²) in [5.74, 6) is -1.61. The van der Waals surface area contributed by atoms with E-state index in [0.29, 0.717) is 5.56 Å². The van der Waals surface area contributed by atoms with Crippen molar-refractivity contribution in [2.24, 2.45) is 5.41 Å². The molecule has 0 spiro atoms. The van der Waals surface area contributed by atoms with E-state index >= 15 is 0 Å². The molecule has 0 fully saturated rings. The largest absolute Gasteiger partial charge is 0.480 e. The molecule has 19 heavy (non-hydrogen) atoms. The van der Waals surface area contributed by atoms with Crippen molar-refractivity contribution in [3.8, 4) is 6.07 Å². The molecule has 98 valence electrons. The predicted molar refractivity (Wildman–Crippen MR) is 78.8 cm³/mol. The predicted octanol–water partition coefficient (Wildman–Crippen LogP) is 3.19. The Bertz CT molecular complexity index is 533. The molecule has 0 bridgehead atoms. The monoisotopic (exact) mass is 369 g/mol. The summed E-state index contributed by atoms with van der Waals surface area (Å²) in [7, 11) is 0. The van der Waals surface area contributed by atoms with Crippen LogP contribution >= 0.6 is 22.6 Å². The van der Waals surface area contributed by atoms with E-state index < -0.39 is 11.4 Å². The summed E-state index contributed by atoms with van der Waals surface area (Å²) in [6.45, 7) is 0. The summed E-state index contributed by atoms with van der Waals surface area (Å²) < 4.78 is 1.64. The third-order valence-electron chi connectivity index (χ3n) is 2.74. The van der Waals surface area contributed by atoms with E-state index in [1.54, 1.807) is 46.6 Å². The number of halogens is 1. The Balaban J connectivity index is 2.99. The molecule has 0 aromatic heterocycles. The highest BCUT2D eigenvalue weighted by Gasteiger charge is 2.40. The number of Topliss-reactive ketones (excluding diaryl/α,β-unsaturated/α-hetero) is 1. The maximum Gasteiger partial charge on any atom is 0.324 e. The van der Waals surface area contributed by atoms with Crippen molar-refractivity contribution in [3.63, 3.8) is 0 Å². The zero-order valence-electron chi connectivity index (χ0n) is 10.0. The van der Waals surface area contributed by atoms with Crippen LogP contribution in [-0.4, -0.2) is 16.9 Å². The first-order valence-corrected chi connectivity index (χ1v) is 6.78. The van der Waals surface area contributed by atoms with E-state index in [4.69, 9.17) is 5.26 Å². The summed E-state index contributed by atoms with van der Waals surface area (Å²) in [6, 6.07) is 10.2. The molecule has 0 saturated carbocycles. The molecule has 0 heterocycles. The number of rotatable bonds is 6. The second kappa shape index (κ2) is 7.04. The lowest BCUT2D eigenvalue weighted by Crippen LogP contribution is -2.31. The van der Waals surface area contributed by atoms with Crippen molar-refractivity contribution in [1.82, 2.24) is 0 Å². The number of nitrogens with zero attached hydrogens (tertiary/aromatic N) is 1. The van der Waals surface area contributed by atoms with Crippen molar-refractivity contribution in [2.45, 2.75) is 12.8 Å². The van der Waals surface area contributed by atoms with Gasteiger partial charge in [0.05, 0.1) is 6.07 Å². The number of benzene rings is 1. The molecule has 1 aromatic rings. The zero-order valence-corrected chi connectivity index (χ0v) is 12.2. The molecule has 1 aromatic carbocycles. The summed E-state index contributed by atoms with van der Waals surface area (Å²) >= 11 is 1.94. The molecule has 0 aliphatic rings. The zero-order chi connectivity index (χ0) is 14.3. The summed E-state index contributed by atoms with van der Waals surface area (Å²) in [5, 5.41) is 18.4. The van der Waals surface area contributed by atoms with Crippen molar-refractivity contribution in [2.75, 3.05) is 0 Å². The highest BCUT2D eigenvalue weighted by Crippen LogP contribution is 2.29. The van der Waals surface area contributed by atoms with E-state index in [9.17, 15) is 14.7 Å². The van der Waals surface area contributed by atoms with Gasteiger partial charge in [-0.25, -0.2) is 0 Å². The van der Waals surface area contributed by atoms with Crippen LogP contribution < -0.4 is 0 Å². The molecular weight excluding hydrogens is 357 g/mol. The van der Waals surface area contributed by atoms with Crippen LogP contribution in [0.2, 0.25) is 0 Å². The van der Waals surface area contributed by atoms with Gasteiger partial charge in [0.2, 0.25) is 0 Å². The highest BCUT2D eigenvalue weighted by atomic mass is 127. The third-order valence-corrected chi connectivity index (χ3v) is 3.25. The second-order valence-corrected chi connectivity index (χ2v) is 4.75. The lowest BCUT2D eigenvalue weighted by atomic mass is 9.80. The van der Waals surface area contributed by atoms with Gasteiger partial charge in [-0.3, -0.25) is 9.59 Å². The third kappa shape index (κ3) is 3.89. The van der Waals surface area contributed by atoms with Crippen molar-refractivity contribution in [1.29, 1.82) is 5.26 Å². The van der Waals surface area contributed by atoms with Gasteiger partial charge in [-0.15, -0.1) is 0 Å². The molecular formula is C14H12INO3. The number of hydrogen-bond donors (Lipinski definition) is 1. The summed E-state index contributed by atoms with van der Waals surface area (Å²) in [5.41, 5.74) is -1.28. The van der Waals surface area contributed by atoms with Crippen molar-refractivity contribution < 1.29 is 14.7 Å². The maximum atomic E-state index is 12.0. The van der Waals surface area contributed by atoms with Crippen LogP contribution in [0.3, 0.4) is 0 Å². The van der Waals surface area contributed by atoms with Crippen LogP contribution in [0.5, 0.6) is 0 Å². The minimum Gasteiger partial charge on any atom is -0.480 e. The number of aliphatic carboxylic acids is 1. The second-order valence-electron chi connectivity index (χ2n) is 4.03. The fraction of sp³-hybridized carbons (Fsp3) is 0.214. The number of allylic oxidation sites excluding steroid dienone is 1. The molecule has 1 N–H and O–H groups in total. The van der Waals surface area contributed by atoms with Crippen molar-refractivity contribution >= 4 is 34.3 Å². The average molecular weight is 369 g/mol. The number of nitriles is 1. The number of ketones is 1. The van der Waals surface area contributed by atoms with Gasteiger partial charge in [-0.05, 0) is 10.5 Å². The minimum atomic E-state index is -1.70. The fourth-order valence-electron chi connectivity index (χ4n) is 1.61. The van der Waals surface area contributed by atoms with Gasteiger partial charge in [-0.2, -0.15) is 5.26 Å². The lowest BCUT2D eigenvalue weighted by molar-refractivity contribution is -0.145. The molecule has 1 rings (SSSR count). The van der Waals surface area contributed by atoms with E-state index in [0.717, 1.165) is 0 Å². The Morgan fingerprint density at radius 1 is 1.37 bits per heavy atom. The van der Waals surface area contributed by atoms with Crippen LogP contribution in [0.1, 0.15) is 23.2 Å². The number of carboxylic acids is 1. The van der Waals surface area contributed by atoms with E-state index in [-0.39, 0.29) is 18.6 Å². The van der Waals surface area contributed by atoms with Gasteiger partial charge < -0.3 is 5.11 Å². The first-order chi connectivity index (χ1) is 9.05. The lowest BCUT2D eigenvalue weighted by Gasteiger charge is -2.19. The number of carboxylic acid groups (broad SMARTS) is 1. The van der Waals surface area contributed by atoms with Crippen LogP contribution in [-0.2, 0) is 4.79 Å². The van der Waals surface area contributed by atoms with Gasteiger partial charge in [0.15, 0.2) is 11.2 Å². The quantitative estimate of drug-likeness (QED) is 0.617. The summed E-state index contributed by atoms with van der Waals surface area (Å²) in [4.78, 5) is 23.4. The first-order valence-electron chi connectivity index (χ1n) is 5.54. The maximum absolute atomic E-state index is 12.0. The van der Waals surface area contributed by atoms with Crippen LogP contribution in [0.15, 0.2) is 40.5 Å². The molecule has 0 aliphatic heterocycles. The average Bonchev–Trinajstić information content (AvgIpc) is 2.44. The van der Waals surface area contributed by atoms with Gasteiger partial charge >= 0.3 is 5.97 Å². The van der Waals surface area contributed by atoms with E-state index in [1.807, 2.05) is 22.6 Å². The fourth-order valence-corrected chi connectivity index (χ4v) is 1.87. The van der Waals surface area contributed by atoms with Gasteiger partial charge in [0.1, 0.15) is 0 Å². The Labute approximate surface area is 124 Å². The van der Waals surface area contributed by atoms with E-state index in [2.05, 4.69) is 0 Å². The standard InChI is InChI=1S/C14H12INO3/c15-8-4-7-14(10-16,13(18)19)9-12(17)11-5-2-1-3-6-11/h1-6,8H,7,9H2,(H,18,19)/b8-4+/t14-/m0/s1. The molecule has 0 unspecified atom stereocenters. The summed E-state index contributed by atoms with van der Waals surface area (Å²) in [6.07, 6.45) is 1.26. The van der Waals surface area contributed by atoms with Gasteiger partial charge in [0.25, 0.3) is 0 Å². The Kier molecular flexibility index (Phi) is 5.70. The first kappa shape index (κ1) is 15.4. The van der Waals surface area contributed by atoms with E-state index in [1.165, 1.54) is 0 Å². The van der Waals surface area contributed by atoms with Crippen LogP contribution in [0, 0.1) is 16.7 Å². The van der Waals surface area contributed by atoms with Crippen molar-refractivity contribution in [3.05, 3.63) is 46.1 Å². The van der Waals surface area contributed by atoms with Crippen LogP contribution in [0.4, 0.5) is 0 Å². The molecule has 0 aliphatic carbocycles. The molecule has 0 radical (unpaired) electrons. The van der Waals surface area contributed by atoms with Crippen LogP contribution in [0.25, 0.3) is 0 Å². The number of hydrogen-bond acceptors (Lipinski definition) is 3. The number of carbonyl (C=O) groups excluding carboxylic acids is 1. The molecule has 5 heteroatoms. The Morgan fingerprint density at radius 3 is 2.47 bits per heavy atom. The molecule has 1 atom stereocenters. The Morgan fingerprint density at radius 2 is 2.00 bits per heavy atom. The number of carbonyl (C=O) groups is 2. The highest BCUT2D eigenvalue weighted by molar-refractivity contribution is 14.1. The van der Waals surface area contributed by atoms with Gasteiger partial charge in [0, 0.05) is 12.0 Å². The molecule has 4 nitrogen and oxygen atoms in total. The molecule has 0 saturated heterocycles. The smallest absolute Gasteiger partial charge is 0.324 e. The molecule has 0 amide bonds. The van der Waals surface area contributed by atoms with Gasteiger partial charge in [-0.1, -0.05) is 59.0 Å². The normalized spacial score (nSPS) is 13.7. The topological polar surface area (TPSA) is 78.2 Å². The Hall–Kier alpha value is -1.68.